The minimum atomic E-state index is 0.158. The molecule has 1 saturated heterocycles. The lowest BCUT2D eigenvalue weighted by molar-refractivity contribution is -0.0574. The number of hydrogen-bond acceptors (Lipinski definition) is 3. The Labute approximate surface area is 99.3 Å². The average molecular weight is 226 g/mol. The van der Waals surface area contributed by atoms with Crippen LogP contribution in [0.3, 0.4) is 0 Å². The Kier molecular flexibility index (Phi) is 4.22. The van der Waals surface area contributed by atoms with Gasteiger partial charge in [-0.25, -0.2) is 0 Å². The molecule has 2 aliphatic rings. The van der Waals surface area contributed by atoms with Crippen LogP contribution in [0.5, 0.6) is 0 Å². The van der Waals surface area contributed by atoms with Crippen LogP contribution in [0, 0.1) is 5.92 Å². The van der Waals surface area contributed by atoms with E-state index in [0.29, 0.717) is 0 Å². The van der Waals surface area contributed by atoms with E-state index >= 15 is 0 Å². The lowest BCUT2D eigenvalue weighted by Crippen LogP contribution is -2.53. The summed E-state index contributed by atoms with van der Waals surface area (Å²) < 4.78 is 5.71. The molecule has 2 N–H and O–H groups in total. The number of nitrogens with zero attached hydrogens (tertiary/aromatic N) is 1. The second-order valence-electron chi connectivity index (χ2n) is 5.68. The molecule has 1 saturated carbocycles. The Balaban J connectivity index is 1.84. The molecule has 1 aliphatic carbocycles. The fraction of sp³-hybridized carbons (Fsp3) is 1.00. The molecular weight excluding hydrogens is 200 g/mol. The topological polar surface area (TPSA) is 38.5 Å². The van der Waals surface area contributed by atoms with E-state index in [1.165, 1.54) is 25.7 Å². The van der Waals surface area contributed by atoms with Gasteiger partial charge in [0.15, 0.2) is 0 Å². The summed E-state index contributed by atoms with van der Waals surface area (Å²) in [7, 11) is 0. The fourth-order valence-corrected chi connectivity index (χ4v) is 2.95. The standard InChI is InChI=1S/C13H26N2O/c1-10-3-5-12(6-4-10)15-7-8-16-13(9-15)11(2)14/h10-13H,3-9,14H2,1-2H3. The zero-order chi connectivity index (χ0) is 11.5. The molecule has 0 spiro atoms. The molecule has 1 aliphatic heterocycles. The Morgan fingerprint density at radius 1 is 1.25 bits per heavy atom. The summed E-state index contributed by atoms with van der Waals surface area (Å²) in [4.78, 5) is 2.61. The molecule has 0 bridgehead atoms. The smallest absolute Gasteiger partial charge is 0.0850 e. The van der Waals surface area contributed by atoms with Crippen LogP contribution < -0.4 is 5.73 Å². The molecule has 16 heavy (non-hydrogen) atoms. The van der Waals surface area contributed by atoms with Crippen molar-refractivity contribution >= 4 is 0 Å². The maximum atomic E-state index is 5.93. The molecule has 2 atom stereocenters. The molecule has 0 amide bonds. The van der Waals surface area contributed by atoms with Gasteiger partial charge in [0.25, 0.3) is 0 Å². The lowest BCUT2D eigenvalue weighted by atomic mass is 9.86. The van der Waals surface area contributed by atoms with Crippen molar-refractivity contribution < 1.29 is 4.74 Å². The largest absolute Gasteiger partial charge is 0.374 e. The van der Waals surface area contributed by atoms with E-state index in [1.807, 2.05) is 0 Å². The molecule has 2 rings (SSSR count). The van der Waals surface area contributed by atoms with Crippen molar-refractivity contribution in [2.24, 2.45) is 11.7 Å². The maximum absolute atomic E-state index is 5.93. The molecule has 3 nitrogen and oxygen atoms in total. The first-order valence-corrected chi connectivity index (χ1v) is 6.78. The second kappa shape index (κ2) is 5.48. The summed E-state index contributed by atoms with van der Waals surface area (Å²) in [5.41, 5.74) is 5.93. The molecule has 0 aromatic heterocycles. The first-order valence-electron chi connectivity index (χ1n) is 6.78. The normalized spacial score (nSPS) is 39.6. The van der Waals surface area contributed by atoms with Crippen LogP contribution in [-0.2, 0) is 4.74 Å². The predicted molar refractivity (Wildman–Crippen MR) is 66.4 cm³/mol. The number of morpholine rings is 1. The van der Waals surface area contributed by atoms with Gasteiger partial charge in [-0.3, -0.25) is 4.90 Å². The number of hydrogen-bond donors (Lipinski definition) is 1. The summed E-state index contributed by atoms with van der Waals surface area (Å²) in [6.45, 7) is 7.43. The van der Waals surface area contributed by atoms with Gasteiger partial charge in [-0.1, -0.05) is 6.92 Å². The van der Waals surface area contributed by atoms with E-state index in [-0.39, 0.29) is 12.1 Å². The highest BCUT2D eigenvalue weighted by atomic mass is 16.5. The van der Waals surface area contributed by atoms with Crippen molar-refractivity contribution in [3.63, 3.8) is 0 Å². The highest BCUT2D eigenvalue weighted by Gasteiger charge is 2.30. The summed E-state index contributed by atoms with van der Waals surface area (Å²) in [5.74, 6) is 0.932. The van der Waals surface area contributed by atoms with Crippen molar-refractivity contribution in [2.45, 2.75) is 57.7 Å². The highest BCUT2D eigenvalue weighted by molar-refractivity contribution is 4.84. The van der Waals surface area contributed by atoms with Crippen LogP contribution in [0.25, 0.3) is 0 Å². The summed E-state index contributed by atoms with van der Waals surface area (Å²) >= 11 is 0. The van der Waals surface area contributed by atoms with E-state index in [2.05, 4.69) is 18.7 Å². The van der Waals surface area contributed by atoms with Crippen molar-refractivity contribution in [1.29, 1.82) is 0 Å². The van der Waals surface area contributed by atoms with E-state index in [0.717, 1.165) is 31.7 Å². The molecule has 0 aromatic carbocycles. The predicted octanol–water partition coefficient (Wildman–Crippen LogP) is 1.61. The first kappa shape index (κ1) is 12.3. The third kappa shape index (κ3) is 2.96. The van der Waals surface area contributed by atoms with Gasteiger partial charge in [-0.05, 0) is 38.5 Å². The summed E-state index contributed by atoms with van der Waals surface area (Å²) in [5, 5.41) is 0. The Morgan fingerprint density at radius 3 is 2.56 bits per heavy atom. The van der Waals surface area contributed by atoms with E-state index in [9.17, 15) is 0 Å². The number of ether oxygens (including phenoxy) is 1. The van der Waals surface area contributed by atoms with Gasteiger partial charge < -0.3 is 10.5 Å². The third-order valence-electron chi connectivity index (χ3n) is 4.21. The van der Waals surface area contributed by atoms with E-state index < -0.39 is 0 Å². The van der Waals surface area contributed by atoms with Crippen LogP contribution in [-0.4, -0.2) is 42.8 Å². The van der Waals surface area contributed by atoms with Crippen molar-refractivity contribution in [2.75, 3.05) is 19.7 Å². The van der Waals surface area contributed by atoms with Crippen LogP contribution in [0.15, 0.2) is 0 Å². The molecule has 0 aromatic rings. The molecule has 94 valence electrons. The molecule has 3 heteroatoms. The average Bonchev–Trinajstić information content (AvgIpc) is 2.30. The molecular formula is C13H26N2O. The van der Waals surface area contributed by atoms with Gasteiger partial charge in [-0.2, -0.15) is 0 Å². The minimum Gasteiger partial charge on any atom is -0.374 e. The SMILES string of the molecule is CC1CCC(N2CCOC(C(C)N)C2)CC1. The zero-order valence-corrected chi connectivity index (χ0v) is 10.7. The van der Waals surface area contributed by atoms with Gasteiger partial charge in [0.2, 0.25) is 0 Å². The molecule has 1 heterocycles. The zero-order valence-electron chi connectivity index (χ0n) is 10.7. The molecule has 2 unspecified atom stereocenters. The van der Waals surface area contributed by atoms with E-state index in [4.69, 9.17) is 10.5 Å². The third-order valence-corrected chi connectivity index (χ3v) is 4.21. The Hall–Kier alpha value is -0.120. The van der Waals surface area contributed by atoms with Crippen LogP contribution in [0.1, 0.15) is 39.5 Å². The monoisotopic (exact) mass is 226 g/mol. The lowest BCUT2D eigenvalue weighted by Gasteiger charge is -2.41. The summed E-state index contributed by atoms with van der Waals surface area (Å²) in [6, 6.07) is 0.951. The van der Waals surface area contributed by atoms with Crippen molar-refractivity contribution in [3.8, 4) is 0 Å². The first-order chi connectivity index (χ1) is 7.66. The molecule has 2 fully saturated rings. The molecule has 0 radical (unpaired) electrons. The van der Waals surface area contributed by atoms with Crippen LogP contribution in [0.4, 0.5) is 0 Å². The maximum Gasteiger partial charge on any atom is 0.0850 e. The Bertz CT molecular complexity index is 212. The van der Waals surface area contributed by atoms with Gasteiger partial charge in [-0.15, -0.1) is 0 Å². The van der Waals surface area contributed by atoms with Crippen molar-refractivity contribution in [3.05, 3.63) is 0 Å². The van der Waals surface area contributed by atoms with E-state index in [1.54, 1.807) is 0 Å². The highest BCUT2D eigenvalue weighted by Crippen LogP contribution is 2.28. The second-order valence-corrected chi connectivity index (χ2v) is 5.68. The van der Waals surface area contributed by atoms with Gasteiger partial charge in [0, 0.05) is 25.2 Å². The number of rotatable bonds is 2. The van der Waals surface area contributed by atoms with Gasteiger partial charge in [0.1, 0.15) is 0 Å². The van der Waals surface area contributed by atoms with Crippen LogP contribution >= 0.6 is 0 Å². The summed E-state index contributed by atoms with van der Waals surface area (Å²) in [6.07, 6.45) is 5.77. The van der Waals surface area contributed by atoms with Gasteiger partial charge >= 0.3 is 0 Å². The quantitative estimate of drug-likeness (QED) is 0.777. The Morgan fingerprint density at radius 2 is 1.94 bits per heavy atom. The van der Waals surface area contributed by atoms with Crippen LogP contribution in [0.2, 0.25) is 0 Å². The van der Waals surface area contributed by atoms with Crippen molar-refractivity contribution in [1.82, 2.24) is 4.90 Å². The van der Waals surface area contributed by atoms with Gasteiger partial charge in [0.05, 0.1) is 12.7 Å². The number of nitrogens with two attached hydrogens (primary N) is 1. The fourth-order valence-electron chi connectivity index (χ4n) is 2.95. The minimum absolute atomic E-state index is 0.158.